The molecule has 0 heterocycles. The van der Waals surface area contributed by atoms with E-state index in [0.29, 0.717) is 6.42 Å². The van der Waals surface area contributed by atoms with E-state index in [9.17, 15) is 4.79 Å². The van der Waals surface area contributed by atoms with Crippen molar-refractivity contribution in [3.05, 3.63) is 48.0 Å². The second-order valence-corrected chi connectivity index (χ2v) is 4.82. The van der Waals surface area contributed by atoms with Gasteiger partial charge in [0, 0.05) is 12.0 Å². The number of hydrogen-bond acceptors (Lipinski definition) is 2. The summed E-state index contributed by atoms with van der Waals surface area (Å²) in [6.45, 7) is 2.12. The number of benzene rings is 2. The molecule has 104 valence electrons. The quantitative estimate of drug-likeness (QED) is 0.482. The molecule has 0 spiro atoms. The Labute approximate surface area is 119 Å². The van der Waals surface area contributed by atoms with Crippen molar-refractivity contribution in [1.29, 1.82) is 0 Å². The molecule has 1 amide bonds. The number of nitrogens with one attached hydrogen (secondary N) is 1. The third-order valence-electron chi connectivity index (χ3n) is 3.22. The largest absolute Gasteiger partial charge is 0.273 e. The number of carbonyl (C=O) groups is 1. The number of hydrogen-bond donors (Lipinski definition) is 1. The average Bonchev–Trinajstić information content (AvgIpc) is 2.48. The van der Waals surface area contributed by atoms with E-state index in [4.69, 9.17) is 0 Å². The zero-order valence-electron chi connectivity index (χ0n) is 11.8. The van der Waals surface area contributed by atoms with E-state index in [0.717, 1.165) is 30.2 Å². The van der Waals surface area contributed by atoms with Crippen LogP contribution >= 0.6 is 0 Å². The van der Waals surface area contributed by atoms with Crippen LogP contribution in [0, 0.1) is 0 Å². The molecular weight excluding hydrogens is 248 g/mol. The van der Waals surface area contributed by atoms with Crippen LogP contribution in [0.4, 0.5) is 0 Å². The summed E-state index contributed by atoms with van der Waals surface area (Å²) in [6.07, 6.45) is 5.37. The summed E-state index contributed by atoms with van der Waals surface area (Å²) in [5, 5.41) is 6.36. The number of unbranched alkanes of at least 4 members (excludes halogenated alkanes) is 2. The molecule has 0 aliphatic carbocycles. The number of carbonyl (C=O) groups excluding carboxylic acids is 1. The number of nitrogens with zero attached hydrogens (tertiary/aromatic N) is 1. The first-order valence-electron chi connectivity index (χ1n) is 7.11. The molecule has 0 radical (unpaired) electrons. The molecule has 20 heavy (non-hydrogen) atoms. The van der Waals surface area contributed by atoms with Crippen LogP contribution in [0.25, 0.3) is 10.8 Å². The highest BCUT2D eigenvalue weighted by Gasteiger charge is 1.99. The summed E-state index contributed by atoms with van der Waals surface area (Å²) in [6, 6.07) is 14.2. The molecule has 0 atom stereocenters. The maximum Gasteiger partial charge on any atom is 0.240 e. The Balaban J connectivity index is 1.98. The summed E-state index contributed by atoms with van der Waals surface area (Å²) in [5.41, 5.74) is 3.60. The molecule has 2 aromatic carbocycles. The van der Waals surface area contributed by atoms with E-state index in [1.165, 1.54) is 5.39 Å². The Morgan fingerprint density at radius 1 is 1.15 bits per heavy atom. The molecule has 0 aliphatic rings. The highest BCUT2D eigenvalue weighted by molar-refractivity contribution is 5.99. The van der Waals surface area contributed by atoms with Crippen LogP contribution in [-0.2, 0) is 4.79 Å². The van der Waals surface area contributed by atoms with Crippen molar-refractivity contribution in [2.24, 2.45) is 5.10 Å². The van der Waals surface area contributed by atoms with Gasteiger partial charge in [-0.25, -0.2) is 5.43 Å². The lowest BCUT2D eigenvalue weighted by Crippen LogP contribution is -2.16. The smallest absolute Gasteiger partial charge is 0.240 e. The van der Waals surface area contributed by atoms with Crippen molar-refractivity contribution in [3.63, 3.8) is 0 Å². The van der Waals surface area contributed by atoms with Crippen LogP contribution in [0.2, 0.25) is 0 Å². The normalized spacial score (nSPS) is 11.1. The SMILES string of the molecule is CCCCCC(=O)NN=Cc1cccc2ccccc12. The lowest BCUT2D eigenvalue weighted by Gasteiger charge is -2.02. The van der Waals surface area contributed by atoms with E-state index < -0.39 is 0 Å². The zero-order valence-corrected chi connectivity index (χ0v) is 11.8. The summed E-state index contributed by atoms with van der Waals surface area (Å²) in [4.78, 5) is 11.5. The second-order valence-electron chi connectivity index (χ2n) is 4.82. The minimum atomic E-state index is -0.0186. The third-order valence-corrected chi connectivity index (χ3v) is 3.22. The van der Waals surface area contributed by atoms with Crippen molar-refractivity contribution < 1.29 is 4.79 Å². The highest BCUT2D eigenvalue weighted by atomic mass is 16.2. The molecule has 3 nitrogen and oxygen atoms in total. The van der Waals surface area contributed by atoms with Gasteiger partial charge in [0.2, 0.25) is 5.91 Å². The first kappa shape index (κ1) is 14.3. The maximum absolute atomic E-state index is 11.5. The summed E-state index contributed by atoms with van der Waals surface area (Å²) in [5.74, 6) is -0.0186. The fourth-order valence-corrected chi connectivity index (χ4v) is 2.13. The van der Waals surface area contributed by atoms with Gasteiger partial charge in [-0.15, -0.1) is 0 Å². The monoisotopic (exact) mass is 268 g/mol. The van der Waals surface area contributed by atoms with E-state index in [1.54, 1.807) is 6.21 Å². The lowest BCUT2D eigenvalue weighted by atomic mass is 10.1. The van der Waals surface area contributed by atoms with Crippen molar-refractivity contribution in [2.45, 2.75) is 32.6 Å². The molecule has 0 bridgehead atoms. The van der Waals surface area contributed by atoms with Gasteiger partial charge >= 0.3 is 0 Å². The average molecular weight is 268 g/mol. The minimum absolute atomic E-state index is 0.0186. The van der Waals surface area contributed by atoms with Gasteiger partial charge in [0.05, 0.1) is 6.21 Å². The fourth-order valence-electron chi connectivity index (χ4n) is 2.13. The fraction of sp³-hybridized carbons (Fsp3) is 0.294. The van der Waals surface area contributed by atoms with E-state index in [2.05, 4.69) is 35.7 Å². The molecular formula is C17H20N2O. The van der Waals surface area contributed by atoms with Gasteiger partial charge in [0.25, 0.3) is 0 Å². The number of amides is 1. The van der Waals surface area contributed by atoms with Crippen molar-refractivity contribution in [1.82, 2.24) is 5.43 Å². The topological polar surface area (TPSA) is 41.5 Å². The van der Waals surface area contributed by atoms with Crippen LogP contribution < -0.4 is 5.43 Å². The van der Waals surface area contributed by atoms with Crippen LogP contribution in [0.15, 0.2) is 47.6 Å². The number of fused-ring (bicyclic) bond motifs is 1. The van der Waals surface area contributed by atoms with Gasteiger partial charge < -0.3 is 0 Å². The van der Waals surface area contributed by atoms with E-state index in [1.807, 2.05) is 24.3 Å². The van der Waals surface area contributed by atoms with Gasteiger partial charge in [0.15, 0.2) is 0 Å². The highest BCUT2D eigenvalue weighted by Crippen LogP contribution is 2.16. The molecule has 3 heteroatoms. The predicted octanol–water partition coefficient (Wildman–Crippen LogP) is 3.87. The van der Waals surface area contributed by atoms with Crippen molar-refractivity contribution in [2.75, 3.05) is 0 Å². The van der Waals surface area contributed by atoms with E-state index >= 15 is 0 Å². The van der Waals surface area contributed by atoms with Crippen LogP contribution in [0.1, 0.15) is 38.2 Å². The summed E-state index contributed by atoms with van der Waals surface area (Å²) >= 11 is 0. The molecule has 0 saturated heterocycles. The van der Waals surface area contributed by atoms with Crippen LogP contribution in [0.3, 0.4) is 0 Å². The van der Waals surface area contributed by atoms with Gasteiger partial charge in [-0.1, -0.05) is 62.2 Å². The summed E-state index contributed by atoms with van der Waals surface area (Å²) in [7, 11) is 0. The Bertz CT molecular complexity index is 599. The lowest BCUT2D eigenvalue weighted by molar-refractivity contribution is -0.121. The molecule has 0 aliphatic heterocycles. The van der Waals surface area contributed by atoms with Gasteiger partial charge in [-0.2, -0.15) is 5.10 Å². The molecule has 0 fully saturated rings. The zero-order chi connectivity index (χ0) is 14.2. The molecule has 2 aromatic rings. The van der Waals surface area contributed by atoms with Crippen molar-refractivity contribution in [3.8, 4) is 0 Å². The number of hydrazone groups is 1. The standard InChI is InChI=1S/C17H20N2O/c1-2-3-4-12-17(20)19-18-13-15-10-7-9-14-8-5-6-11-16(14)15/h5-11,13H,2-4,12H2,1H3,(H,19,20). The third kappa shape index (κ3) is 3.92. The van der Waals surface area contributed by atoms with Gasteiger partial charge in [-0.3, -0.25) is 4.79 Å². The van der Waals surface area contributed by atoms with Crippen molar-refractivity contribution >= 4 is 22.9 Å². The minimum Gasteiger partial charge on any atom is -0.273 e. The Hall–Kier alpha value is -2.16. The molecule has 0 unspecified atom stereocenters. The molecule has 0 aromatic heterocycles. The van der Waals surface area contributed by atoms with Crippen LogP contribution in [0.5, 0.6) is 0 Å². The Morgan fingerprint density at radius 3 is 2.80 bits per heavy atom. The molecule has 0 saturated carbocycles. The Morgan fingerprint density at radius 2 is 1.95 bits per heavy atom. The van der Waals surface area contributed by atoms with Crippen LogP contribution in [-0.4, -0.2) is 12.1 Å². The summed E-state index contributed by atoms with van der Waals surface area (Å²) < 4.78 is 0. The Kier molecular flexibility index (Phi) is 5.30. The predicted molar refractivity (Wildman–Crippen MR) is 83.8 cm³/mol. The molecule has 2 rings (SSSR count). The number of rotatable bonds is 6. The first-order chi connectivity index (χ1) is 9.81. The van der Waals surface area contributed by atoms with Gasteiger partial charge in [0.1, 0.15) is 0 Å². The maximum atomic E-state index is 11.5. The van der Waals surface area contributed by atoms with E-state index in [-0.39, 0.29) is 5.91 Å². The second kappa shape index (κ2) is 7.43. The van der Waals surface area contributed by atoms with Gasteiger partial charge in [-0.05, 0) is 17.2 Å². The molecule has 1 N–H and O–H groups in total. The first-order valence-corrected chi connectivity index (χ1v) is 7.11.